The third kappa shape index (κ3) is 3.49. The maximum absolute atomic E-state index is 13.2. The van der Waals surface area contributed by atoms with Crippen LogP contribution in [0.2, 0.25) is 0 Å². The van der Waals surface area contributed by atoms with Gasteiger partial charge in [-0.3, -0.25) is 9.59 Å². The first-order valence-corrected chi connectivity index (χ1v) is 10.8. The number of amides is 2. The maximum atomic E-state index is 13.2. The molecule has 1 saturated heterocycles. The first kappa shape index (κ1) is 18.9. The van der Waals surface area contributed by atoms with E-state index in [-0.39, 0.29) is 17.7 Å². The standard InChI is InChI=1S/C25H27N3O2/c1-17-7-8-22-21(13-17)20-9-11-27(12-10-23(20)26-22)25(30)19-14-24(29)28(16-19)15-18-5-3-2-4-6-18/h2-8,13,19,26H,9-12,14-16H2,1H3. The predicted octanol–water partition coefficient (Wildman–Crippen LogP) is 3.45. The summed E-state index contributed by atoms with van der Waals surface area (Å²) in [6, 6.07) is 16.5. The molecular weight excluding hydrogens is 374 g/mol. The highest BCUT2D eigenvalue weighted by atomic mass is 16.2. The lowest BCUT2D eigenvalue weighted by Gasteiger charge is -2.24. The van der Waals surface area contributed by atoms with Gasteiger partial charge in [-0.15, -0.1) is 0 Å². The summed E-state index contributed by atoms with van der Waals surface area (Å²) >= 11 is 0. The summed E-state index contributed by atoms with van der Waals surface area (Å²) < 4.78 is 0. The van der Waals surface area contributed by atoms with E-state index in [0.717, 1.165) is 24.9 Å². The highest BCUT2D eigenvalue weighted by Crippen LogP contribution is 2.28. The number of aryl methyl sites for hydroxylation is 1. The summed E-state index contributed by atoms with van der Waals surface area (Å²) in [4.78, 5) is 33.1. The van der Waals surface area contributed by atoms with Crippen molar-refractivity contribution in [2.45, 2.75) is 32.7 Å². The van der Waals surface area contributed by atoms with Gasteiger partial charge in [-0.05, 0) is 36.6 Å². The number of hydrogen-bond acceptors (Lipinski definition) is 2. The molecule has 1 aromatic heterocycles. The van der Waals surface area contributed by atoms with Crippen molar-refractivity contribution in [3.63, 3.8) is 0 Å². The molecule has 3 heterocycles. The minimum Gasteiger partial charge on any atom is -0.358 e. The average molecular weight is 402 g/mol. The summed E-state index contributed by atoms with van der Waals surface area (Å²) in [5, 5.41) is 1.28. The van der Waals surface area contributed by atoms with Crippen LogP contribution in [0.5, 0.6) is 0 Å². The van der Waals surface area contributed by atoms with Gasteiger partial charge in [0, 0.05) is 55.6 Å². The van der Waals surface area contributed by atoms with E-state index < -0.39 is 0 Å². The number of rotatable bonds is 3. The van der Waals surface area contributed by atoms with Gasteiger partial charge in [0.25, 0.3) is 0 Å². The van der Waals surface area contributed by atoms with Gasteiger partial charge in [0.05, 0.1) is 5.92 Å². The first-order valence-electron chi connectivity index (χ1n) is 10.8. The minimum atomic E-state index is -0.225. The number of nitrogens with zero attached hydrogens (tertiary/aromatic N) is 2. The Bertz CT molecular complexity index is 1100. The molecule has 2 aliphatic rings. The molecule has 30 heavy (non-hydrogen) atoms. The van der Waals surface area contributed by atoms with Crippen LogP contribution in [0.15, 0.2) is 48.5 Å². The molecule has 5 nitrogen and oxygen atoms in total. The summed E-state index contributed by atoms with van der Waals surface area (Å²) in [5.41, 5.74) is 6.14. The smallest absolute Gasteiger partial charge is 0.228 e. The summed E-state index contributed by atoms with van der Waals surface area (Å²) in [5.74, 6) is -0.0140. The Hall–Kier alpha value is -3.08. The summed E-state index contributed by atoms with van der Waals surface area (Å²) in [6.07, 6.45) is 2.03. The highest BCUT2D eigenvalue weighted by Gasteiger charge is 2.37. The average Bonchev–Trinajstić information content (AvgIpc) is 3.20. The fourth-order valence-corrected chi connectivity index (χ4v) is 4.89. The zero-order chi connectivity index (χ0) is 20.7. The molecule has 1 atom stereocenters. The third-order valence-electron chi connectivity index (χ3n) is 6.51. The van der Waals surface area contributed by atoms with E-state index in [9.17, 15) is 9.59 Å². The van der Waals surface area contributed by atoms with Crippen molar-refractivity contribution in [1.29, 1.82) is 0 Å². The number of fused-ring (bicyclic) bond motifs is 3. The lowest BCUT2D eigenvalue weighted by atomic mass is 10.1. The van der Waals surface area contributed by atoms with Crippen molar-refractivity contribution in [2.24, 2.45) is 5.92 Å². The van der Waals surface area contributed by atoms with Crippen LogP contribution in [0.4, 0.5) is 0 Å². The van der Waals surface area contributed by atoms with Crippen LogP contribution < -0.4 is 0 Å². The van der Waals surface area contributed by atoms with Gasteiger partial charge in [0.2, 0.25) is 11.8 Å². The molecule has 154 valence electrons. The van der Waals surface area contributed by atoms with Crippen LogP contribution in [-0.2, 0) is 29.0 Å². The molecule has 2 aromatic carbocycles. The van der Waals surface area contributed by atoms with Crippen LogP contribution in [0, 0.1) is 12.8 Å². The van der Waals surface area contributed by atoms with E-state index in [0.29, 0.717) is 26.1 Å². The van der Waals surface area contributed by atoms with E-state index in [1.807, 2.05) is 40.1 Å². The minimum absolute atomic E-state index is 0.0821. The highest BCUT2D eigenvalue weighted by molar-refractivity contribution is 5.90. The lowest BCUT2D eigenvalue weighted by Crippen LogP contribution is -2.39. The Kier molecular flexibility index (Phi) is 4.81. The van der Waals surface area contributed by atoms with Crippen LogP contribution in [0.1, 0.15) is 28.8 Å². The summed E-state index contributed by atoms with van der Waals surface area (Å²) in [7, 11) is 0. The van der Waals surface area contributed by atoms with E-state index >= 15 is 0 Å². The van der Waals surface area contributed by atoms with Gasteiger partial charge in [0.15, 0.2) is 0 Å². The number of aromatic amines is 1. The van der Waals surface area contributed by atoms with Crippen LogP contribution >= 0.6 is 0 Å². The zero-order valence-electron chi connectivity index (χ0n) is 17.4. The van der Waals surface area contributed by atoms with Gasteiger partial charge < -0.3 is 14.8 Å². The molecular formula is C25H27N3O2. The van der Waals surface area contributed by atoms with Crippen LogP contribution in [-0.4, -0.2) is 46.2 Å². The van der Waals surface area contributed by atoms with Crippen molar-refractivity contribution in [2.75, 3.05) is 19.6 Å². The van der Waals surface area contributed by atoms with Crippen molar-refractivity contribution in [1.82, 2.24) is 14.8 Å². The van der Waals surface area contributed by atoms with E-state index in [1.54, 1.807) is 0 Å². The topological polar surface area (TPSA) is 56.4 Å². The number of hydrogen-bond donors (Lipinski definition) is 1. The Labute approximate surface area is 176 Å². The molecule has 0 bridgehead atoms. The number of aromatic nitrogens is 1. The molecule has 0 radical (unpaired) electrons. The van der Waals surface area contributed by atoms with Crippen LogP contribution in [0.25, 0.3) is 10.9 Å². The molecule has 1 unspecified atom stereocenters. The van der Waals surface area contributed by atoms with Crippen molar-refractivity contribution < 1.29 is 9.59 Å². The lowest BCUT2D eigenvalue weighted by molar-refractivity contribution is -0.135. The maximum Gasteiger partial charge on any atom is 0.228 e. The SMILES string of the molecule is Cc1ccc2[nH]c3c(c2c1)CCN(C(=O)C1CC(=O)N(Cc2ccccc2)C1)CC3. The molecule has 2 aliphatic heterocycles. The van der Waals surface area contributed by atoms with Gasteiger partial charge in [-0.1, -0.05) is 42.0 Å². The number of carbonyl (C=O) groups excluding carboxylic acids is 2. The van der Waals surface area contributed by atoms with Crippen molar-refractivity contribution in [3.05, 3.63) is 70.9 Å². The molecule has 0 aliphatic carbocycles. The number of nitrogens with one attached hydrogen (secondary N) is 1. The normalized spacial score (nSPS) is 19.2. The van der Waals surface area contributed by atoms with Crippen molar-refractivity contribution in [3.8, 4) is 0 Å². The molecule has 5 rings (SSSR count). The molecule has 0 spiro atoms. The largest absolute Gasteiger partial charge is 0.358 e. The number of benzene rings is 2. The molecule has 3 aromatic rings. The number of carbonyl (C=O) groups is 2. The molecule has 1 fully saturated rings. The fourth-order valence-electron chi connectivity index (χ4n) is 4.89. The van der Waals surface area contributed by atoms with Crippen LogP contribution in [0.3, 0.4) is 0 Å². The molecule has 5 heteroatoms. The molecule has 2 amide bonds. The van der Waals surface area contributed by atoms with Crippen molar-refractivity contribution >= 4 is 22.7 Å². The Morgan fingerprint density at radius 2 is 1.90 bits per heavy atom. The van der Waals surface area contributed by atoms with E-state index in [2.05, 4.69) is 30.1 Å². The Balaban J connectivity index is 1.27. The van der Waals surface area contributed by atoms with Gasteiger partial charge in [-0.2, -0.15) is 0 Å². The Morgan fingerprint density at radius 3 is 2.73 bits per heavy atom. The van der Waals surface area contributed by atoms with Gasteiger partial charge in [0.1, 0.15) is 0 Å². The second kappa shape index (κ2) is 7.63. The van der Waals surface area contributed by atoms with E-state index in [4.69, 9.17) is 0 Å². The van der Waals surface area contributed by atoms with E-state index in [1.165, 1.54) is 27.7 Å². The molecule has 0 saturated carbocycles. The monoisotopic (exact) mass is 401 g/mol. The second-order valence-electron chi connectivity index (χ2n) is 8.62. The quantitative estimate of drug-likeness (QED) is 0.731. The van der Waals surface area contributed by atoms with Gasteiger partial charge >= 0.3 is 0 Å². The number of likely N-dealkylation sites (tertiary alicyclic amines) is 1. The zero-order valence-corrected chi connectivity index (χ0v) is 17.4. The first-order chi connectivity index (χ1) is 14.6. The fraction of sp³-hybridized carbons (Fsp3) is 0.360. The van der Waals surface area contributed by atoms with Gasteiger partial charge in [-0.25, -0.2) is 0 Å². The second-order valence-corrected chi connectivity index (χ2v) is 8.62. The molecule has 1 N–H and O–H groups in total. The number of H-pyrrole nitrogens is 1. The Morgan fingerprint density at radius 1 is 1.10 bits per heavy atom. The predicted molar refractivity (Wildman–Crippen MR) is 117 cm³/mol. The third-order valence-corrected chi connectivity index (χ3v) is 6.51. The summed E-state index contributed by atoms with van der Waals surface area (Å²) in [6.45, 7) is 4.65.